The second kappa shape index (κ2) is 5.94. The smallest absolute Gasteiger partial charge is 0.338 e. The van der Waals surface area contributed by atoms with Crippen LogP contribution in [0.15, 0.2) is 12.1 Å². The first kappa shape index (κ1) is 13.7. The highest BCUT2D eigenvalue weighted by Gasteiger charge is 2.19. The molecular weight excluding hydrogens is 260 g/mol. The third-order valence-corrected chi connectivity index (χ3v) is 2.72. The number of hydrogen-bond acceptors (Lipinski definition) is 4. The lowest BCUT2D eigenvalue weighted by atomic mass is 10.1. The zero-order chi connectivity index (χ0) is 13.8. The molecule has 0 spiro atoms. The number of benzene rings is 1. The number of halogens is 2. The van der Waals surface area contributed by atoms with Gasteiger partial charge in [0.25, 0.3) is 0 Å². The Morgan fingerprint density at radius 2 is 2.16 bits per heavy atom. The van der Waals surface area contributed by atoms with E-state index in [0.29, 0.717) is 19.8 Å². The average Bonchev–Trinajstić information content (AvgIpc) is 2.41. The zero-order valence-corrected chi connectivity index (χ0v) is 9.99. The molecule has 1 atom stereocenters. The lowest BCUT2D eigenvalue weighted by Gasteiger charge is -2.23. The van der Waals surface area contributed by atoms with E-state index >= 15 is 0 Å². The van der Waals surface area contributed by atoms with Crippen molar-refractivity contribution in [2.75, 3.05) is 31.7 Å². The fraction of sp³-hybridized carbons (Fsp3) is 0.417. The van der Waals surface area contributed by atoms with Gasteiger partial charge in [-0.2, -0.15) is 0 Å². The molecule has 1 aromatic carbocycles. The number of carbonyl (C=O) groups is 1. The van der Waals surface area contributed by atoms with Gasteiger partial charge in [-0.3, -0.25) is 0 Å². The average molecular weight is 273 g/mol. The van der Waals surface area contributed by atoms with Crippen molar-refractivity contribution in [2.45, 2.75) is 6.10 Å². The molecule has 1 aliphatic heterocycles. The van der Waals surface area contributed by atoms with Gasteiger partial charge in [-0.25, -0.2) is 13.6 Å². The molecule has 19 heavy (non-hydrogen) atoms. The molecule has 1 saturated heterocycles. The number of carboxylic acid groups (broad SMARTS) is 1. The van der Waals surface area contributed by atoms with Gasteiger partial charge in [0.2, 0.25) is 0 Å². The topological polar surface area (TPSA) is 67.8 Å². The van der Waals surface area contributed by atoms with Crippen LogP contribution in [0.4, 0.5) is 14.5 Å². The second-order valence-corrected chi connectivity index (χ2v) is 4.04. The normalized spacial score (nSPS) is 19.2. The van der Waals surface area contributed by atoms with Gasteiger partial charge in [-0.15, -0.1) is 0 Å². The number of anilines is 1. The Kier molecular flexibility index (Phi) is 4.28. The van der Waals surface area contributed by atoms with E-state index in [2.05, 4.69) is 5.32 Å². The maximum Gasteiger partial charge on any atom is 0.338 e. The Labute approximate surface area is 108 Å². The highest BCUT2D eigenvalue weighted by molar-refractivity contribution is 5.88. The van der Waals surface area contributed by atoms with Crippen LogP contribution < -0.4 is 5.32 Å². The molecule has 0 radical (unpaired) electrons. The minimum absolute atomic E-state index is 0.100. The van der Waals surface area contributed by atoms with E-state index in [-0.39, 0.29) is 18.3 Å². The van der Waals surface area contributed by atoms with Crippen molar-refractivity contribution >= 4 is 11.7 Å². The summed E-state index contributed by atoms with van der Waals surface area (Å²) >= 11 is 0. The third-order valence-electron chi connectivity index (χ3n) is 2.72. The molecule has 2 N–H and O–H groups in total. The highest BCUT2D eigenvalue weighted by atomic mass is 19.2. The Morgan fingerprint density at radius 1 is 1.37 bits per heavy atom. The van der Waals surface area contributed by atoms with E-state index < -0.39 is 23.2 Å². The second-order valence-electron chi connectivity index (χ2n) is 4.04. The highest BCUT2D eigenvalue weighted by Crippen LogP contribution is 2.21. The van der Waals surface area contributed by atoms with Crippen LogP contribution in [-0.4, -0.2) is 43.5 Å². The van der Waals surface area contributed by atoms with Gasteiger partial charge >= 0.3 is 5.97 Å². The quantitative estimate of drug-likeness (QED) is 0.870. The predicted octanol–water partition coefficient (Wildman–Crippen LogP) is 1.49. The van der Waals surface area contributed by atoms with E-state index in [1.807, 2.05) is 0 Å². The summed E-state index contributed by atoms with van der Waals surface area (Å²) in [5.41, 5.74) is -0.794. The Bertz CT molecular complexity index is 475. The summed E-state index contributed by atoms with van der Waals surface area (Å²) in [5.74, 6) is -4.10. The summed E-state index contributed by atoms with van der Waals surface area (Å²) in [6.45, 7) is 1.61. The van der Waals surface area contributed by atoms with E-state index in [1.54, 1.807) is 0 Å². The first-order valence-corrected chi connectivity index (χ1v) is 5.74. The summed E-state index contributed by atoms with van der Waals surface area (Å²) in [5, 5.41) is 11.3. The molecular formula is C12H13F2NO4. The summed E-state index contributed by atoms with van der Waals surface area (Å²) < 4.78 is 37.5. The van der Waals surface area contributed by atoms with Crippen molar-refractivity contribution in [2.24, 2.45) is 0 Å². The van der Waals surface area contributed by atoms with Crippen molar-refractivity contribution in [1.82, 2.24) is 0 Å². The van der Waals surface area contributed by atoms with E-state index in [1.165, 1.54) is 6.07 Å². The summed E-state index contributed by atoms with van der Waals surface area (Å²) in [4.78, 5) is 10.6. The molecule has 104 valence electrons. The molecule has 1 aliphatic rings. The summed E-state index contributed by atoms with van der Waals surface area (Å²) in [6.07, 6.45) is -0.240. The summed E-state index contributed by atoms with van der Waals surface area (Å²) in [7, 11) is 0. The van der Waals surface area contributed by atoms with E-state index in [9.17, 15) is 13.6 Å². The number of ether oxygens (including phenoxy) is 2. The molecule has 0 aromatic heterocycles. The maximum atomic E-state index is 13.6. The first-order chi connectivity index (χ1) is 9.09. The molecule has 1 heterocycles. The van der Waals surface area contributed by atoms with Crippen molar-refractivity contribution < 1.29 is 28.2 Å². The van der Waals surface area contributed by atoms with Crippen LogP contribution in [-0.2, 0) is 9.47 Å². The van der Waals surface area contributed by atoms with Gasteiger partial charge in [0.15, 0.2) is 11.6 Å². The van der Waals surface area contributed by atoms with Crippen LogP contribution in [0.25, 0.3) is 0 Å². The van der Waals surface area contributed by atoms with Crippen molar-refractivity contribution in [3.05, 3.63) is 29.3 Å². The van der Waals surface area contributed by atoms with Gasteiger partial charge in [-0.05, 0) is 12.1 Å². The predicted molar refractivity (Wildman–Crippen MR) is 62.4 cm³/mol. The largest absolute Gasteiger partial charge is 0.478 e. The molecule has 5 nitrogen and oxygen atoms in total. The van der Waals surface area contributed by atoms with Crippen LogP contribution in [0, 0.1) is 11.6 Å². The maximum absolute atomic E-state index is 13.6. The Hall–Kier alpha value is -1.73. The molecule has 1 unspecified atom stereocenters. The molecule has 1 fully saturated rings. The van der Waals surface area contributed by atoms with Crippen molar-refractivity contribution in [3.63, 3.8) is 0 Å². The lowest BCUT2D eigenvalue weighted by Crippen LogP contribution is -2.34. The standard InChI is InChI=1S/C12H13F2NO4/c13-10-8(12(16)17)1-2-9(11(10)14)15-5-7-6-18-3-4-19-7/h1-2,7,15H,3-6H2,(H,16,17). The van der Waals surface area contributed by atoms with Crippen LogP contribution in [0.5, 0.6) is 0 Å². The van der Waals surface area contributed by atoms with Crippen LogP contribution in [0.2, 0.25) is 0 Å². The SMILES string of the molecule is O=C(O)c1ccc(NCC2COCCO2)c(F)c1F. The molecule has 0 saturated carbocycles. The minimum atomic E-state index is -1.51. The van der Waals surface area contributed by atoms with Gasteiger partial charge in [0.05, 0.1) is 37.2 Å². The van der Waals surface area contributed by atoms with Crippen molar-refractivity contribution in [3.8, 4) is 0 Å². The Balaban J connectivity index is 2.04. The van der Waals surface area contributed by atoms with Gasteiger partial charge in [0, 0.05) is 6.54 Å². The minimum Gasteiger partial charge on any atom is -0.478 e. The fourth-order valence-electron chi connectivity index (χ4n) is 1.73. The number of carboxylic acids is 1. The van der Waals surface area contributed by atoms with Crippen LogP contribution in [0.1, 0.15) is 10.4 Å². The number of aromatic carboxylic acids is 1. The summed E-state index contributed by atoms with van der Waals surface area (Å²) in [6, 6.07) is 2.20. The lowest BCUT2D eigenvalue weighted by molar-refractivity contribution is -0.0819. The van der Waals surface area contributed by atoms with Gasteiger partial charge in [0.1, 0.15) is 0 Å². The van der Waals surface area contributed by atoms with E-state index in [4.69, 9.17) is 14.6 Å². The molecule has 2 rings (SSSR count). The van der Waals surface area contributed by atoms with Crippen LogP contribution >= 0.6 is 0 Å². The fourth-order valence-corrected chi connectivity index (χ4v) is 1.73. The monoisotopic (exact) mass is 273 g/mol. The van der Waals surface area contributed by atoms with Gasteiger partial charge in [-0.1, -0.05) is 0 Å². The Morgan fingerprint density at radius 3 is 2.79 bits per heavy atom. The number of rotatable bonds is 4. The molecule has 7 heteroatoms. The first-order valence-electron chi connectivity index (χ1n) is 5.74. The van der Waals surface area contributed by atoms with E-state index in [0.717, 1.165) is 6.07 Å². The molecule has 1 aromatic rings. The van der Waals surface area contributed by atoms with Gasteiger partial charge < -0.3 is 19.9 Å². The van der Waals surface area contributed by atoms with Crippen LogP contribution in [0.3, 0.4) is 0 Å². The molecule has 0 amide bonds. The van der Waals surface area contributed by atoms with Crippen molar-refractivity contribution in [1.29, 1.82) is 0 Å². The zero-order valence-electron chi connectivity index (χ0n) is 9.99. The number of nitrogens with one attached hydrogen (secondary N) is 1. The third kappa shape index (κ3) is 3.18. The molecule has 0 bridgehead atoms. The molecule has 0 aliphatic carbocycles. The number of hydrogen-bond donors (Lipinski definition) is 2.